The van der Waals surface area contributed by atoms with Gasteiger partial charge in [0.15, 0.2) is 11.6 Å². The van der Waals surface area contributed by atoms with Crippen molar-refractivity contribution in [2.45, 2.75) is 18.9 Å². The van der Waals surface area contributed by atoms with E-state index < -0.39 is 5.91 Å². The van der Waals surface area contributed by atoms with Gasteiger partial charge in [0.05, 0.1) is 12.0 Å². The van der Waals surface area contributed by atoms with Gasteiger partial charge in [-0.2, -0.15) is 0 Å². The minimum Gasteiger partial charge on any atom is -0.459 e. The lowest BCUT2D eigenvalue weighted by Crippen LogP contribution is -2.15. The van der Waals surface area contributed by atoms with Crippen molar-refractivity contribution in [2.75, 3.05) is 16.4 Å². The fourth-order valence-corrected chi connectivity index (χ4v) is 2.86. The van der Waals surface area contributed by atoms with E-state index in [1.807, 2.05) is 32.0 Å². The van der Waals surface area contributed by atoms with Gasteiger partial charge >= 0.3 is 0 Å². The predicted molar refractivity (Wildman–Crippen MR) is 104 cm³/mol. The summed E-state index contributed by atoms with van der Waals surface area (Å²) in [7, 11) is 0. The van der Waals surface area contributed by atoms with Crippen LogP contribution in [-0.2, 0) is 4.79 Å². The Morgan fingerprint density at radius 2 is 1.93 bits per heavy atom. The summed E-state index contributed by atoms with van der Waals surface area (Å²) in [6, 6.07) is 12.4. The molecule has 138 valence electrons. The number of hydrogen-bond acceptors (Lipinski definition) is 6. The summed E-state index contributed by atoms with van der Waals surface area (Å²) in [5.74, 6) is 0.187. The molecule has 2 heterocycles. The quantitative estimate of drug-likeness (QED) is 0.632. The second-order valence-corrected chi connectivity index (χ2v) is 6.84. The lowest BCUT2D eigenvalue weighted by atomic mass is 10.1. The average molecular weight is 382 g/mol. The Morgan fingerprint density at radius 1 is 1.07 bits per heavy atom. The van der Waals surface area contributed by atoms with Crippen LogP contribution in [0, 0.1) is 13.8 Å². The third-order valence-corrected chi connectivity index (χ3v) is 4.56. The zero-order chi connectivity index (χ0) is 19.2. The number of nitrogens with zero attached hydrogens (tertiary/aromatic N) is 2. The number of hydrogen-bond donors (Lipinski definition) is 2. The van der Waals surface area contributed by atoms with Crippen LogP contribution in [0.15, 0.2) is 58.2 Å². The third-order valence-electron chi connectivity index (χ3n) is 3.64. The molecule has 0 saturated carbocycles. The molecule has 0 saturated heterocycles. The molecule has 3 aromatic rings. The van der Waals surface area contributed by atoms with E-state index >= 15 is 0 Å². The molecule has 0 unspecified atom stereocenters. The summed E-state index contributed by atoms with van der Waals surface area (Å²) < 4.78 is 5.01. The van der Waals surface area contributed by atoms with Gasteiger partial charge in [-0.25, -0.2) is 0 Å². The molecular formula is C19H18N4O3S. The Bertz CT molecular complexity index is 940. The van der Waals surface area contributed by atoms with Gasteiger partial charge in [-0.1, -0.05) is 23.9 Å². The number of rotatable bonds is 6. The van der Waals surface area contributed by atoms with Crippen molar-refractivity contribution in [3.8, 4) is 0 Å². The summed E-state index contributed by atoms with van der Waals surface area (Å²) >= 11 is 1.27. The second-order valence-electron chi connectivity index (χ2n) is 5.84. The summed E-state index contributed by atoms with van der Waals surface area (Å²) in [6.45, 7) is 3.93. The van der Waals surface area contributed by atoms with E-state index in [-0.39, 0.29) is 17.4 Å². The zero-order valence-electron chi connectivity index (χ0n) is 14.9. The van der Waals surface area contributed by atoms with E-state index in [0.717, 1.165) is 16.8 Å². The highest BCUT2D eigenvalue weighted by molar-refractivity contribution is 7.99. The monoisotopic (exact) mass is 382 g/mol. The highest BCUT2D eigenvalue weighted by Crippen LogP contribution is 2.19. The van der Waals surface area contributed by atoms with Crippen LogP contribution in [0.5, 0.6) is 0 Å². The molecule has 0 radical (unpaired) electrons. The minimum absolute atomic E-state index is 0.120. The lowest BCUT2D eigenvalue weighted by Gasteiger charge is -2.09. The number of nitrogens with one attached hydrogen (secondary N) is 2. The molecule has 0 spiro atoms. The van der Waals surface area contributed by atoms with Crippen LogP contribution < -0.4 is 10.6 Å². The molecule has 7 nitrogen and oxygen atoms in total. The van der Waals surface area contributed by atoms with E-state index in [0.29, 0.717) is 10.8 Å². The highest BCUT2D eigenvalue weighted by atomic mass is 32.2. The summed E-state index contributed by atoms with van der Waals surface area (Å²) in [5, 5.41) is 14.0. The predicted octanol–water partition coefficient (Wildman–Crippen LogP) is 3.67. The molecule has 0 bridgehead atoms. The molecule has 0 fully saturated rings. The SMILES string of the molecule is Cc1ccc(C)c(NC(=O)CSc2ccc(NC(=O)c3ccco3)nn2)c1. The van der Waals surface area contributed by atoms with Crippen molar-refractivity contribution in [1.29, 1.82) is 0 Å². The van der Waals surface area contributed by atoms with Gasteiger partial charge < -0.3 is 15.1 Å². The summed E-state index contributed by atoms with van der Waals surface area (Å²) in [5.41, 5.74) is 2.90. The first-order valence-electron chi connectivity index (χ1n) is 8.20. The van der Waals surface area contributed by atoms with Crippen molar-refractivity contribution in [3.05, 3.63) is 65.6 Å². The molecule has 2 aromatic heterocycles. The van der Waals surface area contributed by atoms with Crippen molar-refractivity contribution < 1.29 is 14.0 Å². The maximum absolute atomic E-state index is 12.1. The van der Waals surface area contributed by atoms with Gasteiger partial charge in [0, 0.05) is 5.69 Å². The molecule has 2 amide bonds. The normalized spacial score (nSPS) is 10.4. The van der Waals surface area contributed by atoms with Crippen molar-refractivity contribution in [2.24, 2.45) is 0 Å². The summed E-state index contributed by atoms with van der Waals surface area (Å²) in [4.78, 5) is 24.0. The van der Waals surface area contributed by atoms with Gasteiger partial charge in [-0.05, 0) is 55.3 Å². The zero-order valence-corrected chi connectivity index (χ0v) is 15.7. The Kier molecular flexibility index (Phi) is 5.87. The lowest BCUT2D eigenvalue weighted by molar-refractivity contribution is -0.113. The number of carbonyl (C=O) groups is 2. The Morgan fingerprint density at radius 3 is 2.63 bits per heavy atom. The Labute approximate surface area is 160 Å². The van der Waals surface area contributed by atoms with Crippen LogP contribution in [0.1, 0.15) is 21.7 Å². The number of aryl methyl sites for hydroxylation is 2. The number of carbonyl (C=O) groups excluding carboxylic acids is 2. The van der Waals surface area contributed by atoms with Crippen LogP contribution >= 0.6 is 11.8 Å². The second kappa shape index (κ2) is 8.50. The van der Waals surface area contributed by atoms with Crippen LogP contribution in [0.3, 0.4) is 0 Å². The molecule has 0 aliphatic carbocycles. The van der Waals surface area contributed by atoms with Crippen LogP contribution in [-0.4, -0.2) is 27.8 Å². The van der Waals surface area contributed by atoms with E-state index in [9.17, 15) is 9.59 Å². The van der Waals surface area contributed by atoms with E-state index in [1.54, 1.807) is 24.3 Å². The fourth-order valence-electron chi connectivity index (χ4n) is 2.25. The number of thioether (sulfide) groups is 1. The first-order chi connectivity index (χ1) is 13.0. The number of amides is 2. The molecule has 0 atom stereocenters. The van der Waals surface area contributed by atoms with Gasteiger partial charge in [-0.3, -0.25) is 9.59 Å². The van der Waals surface area contributed by atoms with Gasteiger partial charge in [0.1, 0.15) is 5.03 Å². The van der Waals surface area contributed by atoms with Gasteiger partial charge in [-0.15, -0.1) is 10.2 Å². The van der Waals surface area contributed by atoms with Crippen LogP contribution in [0.4, 0.5) is 11.5 Å². The van der Waals surface area contributed by atoms with Crippen molar-refractivity contribution in [1.82, 2.24) is 10.2 Å². The topological polar surface area (TPSA) is 97.1 Å². The third kappa shape index (κ3) is 5.18. The minimum atomic E-state index is -0.400. The molecule has 0 aliphatic heterocycles. The van der Waals surface area contributed by atoms with Crippen molar-refractivity contribution >= 4 is 35.1 Å². The maximum atomic E-state index is 12.1. The van der Waals surface area contributed by atoms with Crippen LogP contribution in [0.25, 0.3) is 0 Å². The number of anilines is 2. The highest BCUT2D eigenvalue weighted by Gasteiger charge is 2.11. The first kappa shape index (κ1) is 18.7. The Hall–Kier alpha value is -3.13. The largest absolute Gasteiger partial charge is 0.459 e. The van der Waals surface area contributed by atoms with Crippen molar-refractivity contribution in [3.63, 3.8) is 0 Å². The standard InChI is InChI=1S/C19H18N4O3S/c1-12-5-6-13(2)14(10-12)20-17(24)11-27-18-8-7-16(22-23-18)21-19(25)15-4-3-9-26-15/h3-10H,11H2,1-2H3,(H,20,24)(H,21,22,25). The Balaban J connectivity index is 1.51. The van der Waals surface area contributed by atoms with E-state index in [4.69, 9.17) is 4.42 Å². The summed E-state index contributed by atoms with van der Waals surface area (Å²) in [6.07, 6.45) is 1.42. The molecule has 8 heteroatoms. The number of furan rings is 1. The molecule has 1 aromatic carbocycles. The molecule has 3 rings (SSSR count). The van der Waals surface area contributed by atoms with Gasteiger partial charge in [0.2, 0.25) is 5.91 Å². The average Bonchev–Trinajstić information content (AvgIpc) is 3.19. The van der Waals surface area contributed by atoms with Crippen LogP contribution in [0.2, 0.25) is 0 Å². The number of benzene rings is 1. The fraction of sp³-hybridized carbons (Fsp3) is 0.158. The maximum Gasteiger partial charge on any atom is 0.292 e. The smallest absolute Gasteiger partial charge is 0.292 e. The molecule has 0 aliphatic rings. The molecule has 2 N–H and O–H groups in total. The number of aromatic nitrogens is 2. The van der Waals surface area contributed by atoms with E-state index in [1.165, 1.54) is 18.0 Å². The molecular weight excluding hydrogens is 364 g/mol. The van der Waals surface area contributed by atoms with E-state index in [2.05, 4.69) is 20.8 Å². The molecule has 27 heavy (non-hydrogen) atoms. The van der Waals surface area contributed by atoms with Gasteiger partial charge in [0.25, 0.3) is 5.91 Å². The first-order valence-corrected chi connectivity index (χ1v) is 9.18.